The SMILES string of the molecule is CNC1CCCCC1.N=C(Cl)/C=C\C(N)=C\O. The molecule has 1 saturated carbocycles. The first kappa shape index (κ1) is 16.0. The lowest BCUT2D eigenvalue weighted by molar-refractivity contribution is 0.394. The lowest BCUT2D eigenvalue weighted by atomic mass is 9.96. The van der Waals surface area contributed by atoms with Gasteiger partial charge in [-0.1, -0.05) is 30.9 Å². The Morgan fingerprint density at radius 3 is 2.29 bits per heavy atom. The Morgan fingerprint density at radius 2 is 1.94 bits per heavy atom. The standard InChI is InChI=1S/C7H15N.C5H7ClN2O/c1-8-7-5-3-2-4-6-7;6-5(8)2-1-4(7)3-9/h7-8H,2-6H2,1H3;1-3,8-9H,7H2/b;2-1-,4-3-,8-5?. The molecule has 0 unspecified atom stereocenters. The highest BCUT2D eigenvalue weighted by atomic mass is 35.5. The Morgan fingerprint density at radius 1 is 1.35 bits per heavy atom. The Bertz CT molecular complexity index is 271. The zero-order chi connectivity index (χ0) is 13.1. The topological polar surface area (TPSA) is 82.1 Å². The van der Waals surface area contributed by atoms with Gasteiger partial charge in [0.15, 0.2) is 0 Å². The van der Waals surface area contributed by atoms with Crippen LogP contribution in [-0.2, 0) is 0 Å². The van der Waals surface area contributed by atoms with Gasteiger partial charge in [0.1, 0.15) is 11.4 Å². The van der Waals surface area contributed by atoms with E-state index in [9.17, 15) is 0 Å². The highest BCUT2D eigenvalue weighted by Gasteiger charge is 2.09. The Hall–Kier alpha value is -1.00. The van der Waals surface area contributed by atoms with Crippen molar-refractivity contribution in [2.75, 3.05) is 7.05 Å². The molecule has 0 heterocycles. The molecule has 98 valence electrons. The summed E-state index contributed by atoms with van der Waals surface area (Å²) in [4.78, 5) is 0. The molecule has 0 aromatic rings. The number of nitrogens with one attached hydrogen (secondary N) is 2. The quantitative estimate of drug-likeness (QED) is 0.357. The van der Waals surface area contributed by atoms with Gasteiger partial charge in [-0.15, -0.1) is 0 Å². The van der Waals surface area contributed by atoms with Gasteiger partial charge in [-0.05, 0) is 32.0 Å². The molecule has 17 heavy (non-hydrogen) atoms. The second-order valence-electron chi connectivity index (χ2n) is 3.93. The maximum absolute atomic E-state index is 8.20. The van der Waals surface area contributed by atoms with Crippen molar-refractivity contribution in [3.8, 4) is 0 Å². The molecule has 0 aromatic heterocycles. The molecule has 1 fully saturated rings. The van der Waals surface area contributed by atoms with Crippen LogP contribution in [0.5, 0.6) is 0 Å². The van der Waals surface area contributed by atoms with Crippen LogP contribution in [0, 0.1) is 5.41 Å². The largest absolute Gasteiger partial charge is 0.513 e. The minimum Gasteiger partial charge on any atom is -0.513 e. The van der Waals surface area contributed by atoms with E-state index in [1.165, 1.54) is 44.3 Å². The molecule has 1 aliphatic rings. The number of allylic oxidation sites excluding steroid dienone is 2. The van der Waals surface area contributed by atoms with Crippen LogP contribution in [0.25, 0.3) is 0 Å². The monoisotopic (exact) mass is 259 g/mol. The number of rotatable bonds is 3. The minimum absolute atomic E-state index is 0.125. The third kappa shape index (κ3) is 9.90. The first-order valence-electron chi connectivity index (χ1n) is 5.79. The molecule has 0 aromatic carbocycles. The fourth-order valence-corrected chi connectivity index (χ4v) is 1.67. The van der Waals surface area contributed by atoms with E-state index in [4.69, 9.17) is 27.9 Å². The van der Waals surface area contributed by atoms with Gasteiger partial charge in [0.2, 0.25) is 0 Å². The van der Waals surface area contributed by atoms with Gasteiger partial charge in [0.05, 0.1) is 5.70 Å². The van der Waals surface area contributed by atoms with Crippen LogP contribution in [0.15, 0.2) is 24.1 Å². The molecule has 1 rings (SSSR count). The molecule has 4 nitrogen and oxygen atoms in total. The maximum Gasteiger partial charge on any atom is 0.120 e. The Labute approximate surface area is 108 Å². The number of aliphatic hydroxyl groups excluding tert-OH is 1. The fourth-order valence-electron chi connectivity index (χ4n) is 1.60. The third-order valence-electron chi connectivity index (χ3n) is 2.58. The van der Waals surface area contributed by atoms with Crippen molar-refractivity contribution in [2.45, 2.75) is 38.1 Å². The molecule has 5 heteroatoms. The first-order valence-corrected chi connectivity index (χ1v) is 6.17. The number of nitrogens with two attached hydrogens (primary N) is 1. The predicted molar refractivity (Wildman–Crippen MR) is 73.6 cm³/mol. The van der Waals surface area contributed by atoms with Crippen molar-refractivity contribution in [3.05, 3.63) is 24.1 Å². The molecule has 1 aliphatic carbocycles. The number of hydrogen-bond acceptors (Lipinski definition) is 4. The smallest absolute Gasteiger partial charge is 0.120 e. The molecule has 0 bridgehead atoms. The van der Waals surface area contributed by atoms with E-state index in [1.807, 2.05) is 0 Å². The summed E-state index contributed by atoms with van der Waals surface area (Å²) in [7, 11) is 2.07. The first-order chi connectivity index (χ1) is 8.10. The van der Waals surface area contributed by atoms with Crippen molar-refractivity contribution in [1.82, 2.24) is 5.32 Å². The van der Waals surface area contributed by atoms with Crippen LogP contribution >= 0.6 is 11.6 Å². The molecule has 0 saturated heterocycles. The number of halogens is 1. The lowest BCUT2D eigenvalue weighted by Crippen LogP contribution is -2.26. The van der Waals surface area contributed by atoms with Crippen LogP contribution in [0.1, 0.15) is 32.1 Å². The third-order valence-corrected chi connectivity index (χ3v) is 2.71. The molecular weight excluding hydrogens is 238 g/mol. The van der Waals surface area contributed by atoms with Gasteiger partial charge in [-0.3, -0.25) is 5.41 Å². The van der Waals surface area contributed by atoms with E-state index < -0.39 is 0 Å². The molecule has 0 spiro atoms. The normalized spacial score (nSPS) is 17.6. The molecule has 5 N–H and O–H groups in total. The molecule has 0 aliphatic heterocycles. The summed E-state index contributed by atoms with van der Waals surface area (Å²) in [6, 6.07) is 0.837. The molecule has 0 radical (unpaired) electrons. The van der Waals surface area contributed by atoms with Crippen molar-refractivity contribution < 1.29 is 5.11 Å². The maximum atomic E-state index is 8.20. The fraction of sp³-hybridized carbons (Fsp3) is 0.583. The molecule has 0 atom stereocenters. The van der Waals surface area contributed by atoms with E-state index in [-0.39, 0.29) is 10.9 Å². The van der Waals surface area contributed by atoms with Gasteiger partial charge in [0, 0.05) is 6.04 Å². The van der Waals surface area contributed by atoms with Gasteiger partial charge in [-0.2, -0.15) is 0 Å². The summed E-state index contributed by atoms with van der Waals surface area (Å²) in [5.41, 5.74) is 5.26. The van der Waals surface area contributed by atoms with Crippen LogP contribution in [0.4, 0.5) is 0 Å². The minimum atomic E-state index is -0.125. The Kier molecular flexibility index (Phi) is 9.57. The lowest BCUT2D eigenvalue weighted by Gasteiger charge is -2.20. The highest BCUT2D eigenvalue weighted by molar-refractivity contribution is 6.67. The van der Waals surface area contributed by atoms with E-state index in [0.717, 1.165) is 12.3 Å². The van der Waals surface area contributed by atoms with Gasteiger partial charge in [-0.25, -0.2) is 0 Å². The average molecular weight is 260 g/mol. The van der Waals surface area contributed by atoms with Crippen LogP contribution in [0.3, 0.4) is 0 Å². The van der Waals surface area contributed by atoms with Gasteiger partial charge in [0.25, 0.3) is 0 Å². The number of aliphatic hydroxyl groups is 1. The van der Waals surface area contributed by atoms with Crippen molar-refractivity contribution in [3.63, 3.8) is 0 Å². The summed E-state index contributed by atoms with van der Waals surface area (Å²) < 4.78 is 0. The highest BCUT2D eigenvalue weighted by Crippen LogP contribution is 2.16. The average Bonchev–Trinajstić information content (AvgIpc) is 2.37. The predicted octanol–water partition coefficient (Wildman–Crippen LogP) is 2.66. The van der Waals surface area contributed by atoms with Gasteiger partial charge < -0.3 is 16.2 Å². The van der Waals surface area contributed by atoms with Crippen molar-refractivity contribution >= 4 is 16.8 Å². The van der Waals surface area contributed by atoms with Crippen LogP contribution < -0.4 is 11.1 Å². The zero-order valence-electron chi connectivity index (χ0n) is 10.2. The van der Waals surface area contributed by atoms with E-state index in [0.29, 0.717) is 0 Å². The summed E-state index contributed by atoms with van der Waals surface area (Å²) in [5, 5.41) is 18.1. The molecule has 0 amide bonds. The van der Waals surface area contributed by atoms with E-state index in [2.05, 4.69) is 12.4 Å². The van der Waals surface area contributed by atoms with E-state index >= 15 is 0 Å². The van der Waals surface area contributed by atoms with Crippen LogP contribution in [0.2, 0.25) is 0 Å². The van der Waals surface area contributed by atoms with Crippen LogP contribution in [-0.4, -0.2) is 23.4 Å². The summed E-state index contributed by atoms with van der Waals surface area (Å²) in [5.74, 6) is 0. The summed E-state index contributed by atoms with van der Waals surface area (Å²) in [6.07, 6.45) is 10.5. The van der Waals surface area contributed by atoms with Crippen molar-refractivity contribution in [2.24, 2.45) is 5.73 Å². The second kappa shape index (κ2) is 10.2. The Balaban J connectivity index is 0.000000302. The molecular formula is C12H22ClN3O. The zero-order valence-corrected chi connectivity index (χ0v) is 11.0. The van der Waals surface area contributed by atoms with Gasteiger partial charge >= 0.3 is 0 Å². The summed E-state index contributed by atoms with van der Waals surface area (Å²) in [6.45, 7) is 0. The number of hydrogen-bond donors (Lipinski definition) is 4. The van der Waals surface area contributed by atoms with Crippen molar-refractivity contribution in [1.29, 1.82) is 5.41 Å². The summed E-state index contributed by atoms with van der Waals surface area (Å²) >= 11 is 5.11. The second-order valence-corrected chi connectivity index (χ2v) is 4.34. The van der Waals surface area contributed by atoms with E-state index in [1.54, 1.807) is 0 Å².